The van der Waals surface area contributed by atoms with Crippen LogP contribution in [-0.2, 0) is 30.7 Å². The van der Waals surface area contributed by atoms with Gasteiger partial charge in [0.2, 0.25) is 5.91 Å². The predicted molar refractivity (Wildman–Crippen MR) is 115 cm³/mol. The molecule has 0 aliphatic heterocycles. The second-order valence-electron chi connectivity index (χ2n) is 6.54. The van der Waals surface area contributed by atoms with Crippen molar-refractivity contribution in [3.8, 4) is 0 Å². The molecule has 164 valence electrons. The van der Waals surface area contributed by atoms with E-state index in [2.05, 4.69) is 9.73 Å². The molecule has 1 amide bonds. The molecule has 0 bridgehead atoms. The quantitative estimate of drug-likeness (QED) is 0.479. The first kappa shape index (κ1) is 23.1. The van der Waals surface area contributed by atoms with Gasteiger partial charge in [0.1, 0.15) is 12.4 Å². The molecule has 7 nitrogen and oxygen atoms in total. The van der Waals surface area contributed by atoms with Crippen LogP contribution in [0.4, 0.5) is 4.39 Å². The Morgan fingerprint density at radius 3 is 2.58 bits per heavy atom. The highest BCUT2D eigenvalue weighted by molar-refractivity contribution is 7.91. The number of esters is 1. The number of carbonyl (C=O) groups is 2. The first-order valence-corrected chi connectivity index (χ1v) is 12.0. The highest BCUT2D eigenvalue weighted by Crippen LogP contribution is 2.19. The van der Waals surface area contributed by atoms with E-state index in [0.717, 1.165) is 11.3 Å². The average Bonchev–Trinajstić information content (AvgIpc) is 3.03. The number of aromatic nitrogens is 1. The fourth-order valence-corrected chi connectivity index (χ4v) is 5.32. The van der Waals surface area contributed by atoms with Crippen LogP contribution in [0.1, 0.15) is 12.8 Å². The Hall–Kier alpha value is -2.56. The number of ether oxygens (including phenoxy) is 1. The van der Waals surface area contributed by atoms with Crippen molar-refractivity contribution in [2.45, 2.75) is 24.3 Å². The van der Waals surface area contributed by atoms with Crippen LogP contribution in [0.3, 0.4) is 0 Å². The Balaban J connectivity index is 1.78. The van der Waals surface area contributed by atoms with Gasteiger partial charge in [-0.05, 0) is 48.9 Å². The van der Waals surface area contributed by atoms with E-state index >= 15 is 0 Å². The van der Waals surface area contributed by atoms with E-state index < -0.39 is 27.5 Å². The first-order chi connectivity index (χ1) is 14.7. The lowest BCUT2D eigenvalue weighted by molar-refractivity contribution is -0.141. The van der Waals surface area contributed by atoms with Crippen molar-refractivity contribution >= 4 is 54.9 Å². The van der Waals surface area contributed by atoms with Crippen LogP contribution in [0.2, 0.25) is 5.02 Å². The summed E-state index contributed by atoms with van der Waals surface area (Å²) in [6.07, 6.45) is -0.0303. The maximum absolute atomic E-state index is 13.6. The van der Waals surface area contributed by atoms with E-state index in [4.69, 9.17) is 11.6 Å². The summed E-state index contributed by atoms with van der Waals surface area (Å²) in [6, 6.07) is 9.82. The molecular formula is C20H18ClFN2O5S2. The van der Waals surface area contributed by atoms with Crippen LogP contribution in [0.5, 0.6) is 0 Å². The van der Waals surface area contributed by atoms with E-state index in [1.165, 1.54) is 54.1 Å². The number of benzene rings is 2. The van der Waals surface area contributed by atoms with Crippen molar-refractivity contribution in [1.29, 1.82) is 0 Å². The lowest BCUT2D eigenvalue weighted by Crippen LogP contribution is -2.22. The maximum atomic E-state index is 13.6. The highest BCUT2D eigenvalue weighted by atomic mass is 35.5. The summed E-state index contributed by atoms with van der Waals surface area (Å²) in [6.45, 7) is -0.195. The molecule has 0 saturated carbocycles. The van der Waals surface area contributed by atoms with Crippen LogP contribution >= 0.6 is 22.9 Å². The van der Waals surface area contributed by atoms with Gasteiger partial charge in [0.25, 0.3) is 0 Å². The third kappa shape index (κ3) is 5.78. The number of hydrogen-bond acceptors (Lipinski definition) is 6. The molecule has 0 fully saturated rings. The summed E-state index contributed by atoms with van der Waals surface area (Å²) in [7, 11) is -2.32. The highest BCUT2D eigenvalue weighted by Gasteiger charge is 2.16. The Bertz CT molecular complexity index is 1300. The fourth-order valence-electron chi connectivity index (χ4n) is 2.81. The predicted octanol–water partition coefficient (Wildman–Crippen LogP) is 3.35. The van der Waals surface area contributed by atoms with Gasteiger partial charge in [0.05, 0.1) is 28.0 Å². The Labute approximate surface area is 186 Å². The summed E-state index contributed by atoms with van der Waals surface area (Å²) >= 11 is 6.83. The number of fused-ring (bicyclic) bond motifs is 1. The second-order valence-corrected chi connectivity index (χ2v) is 10.1. The van der Waals surface area contributed by atoms with E-state index in [0.29, 0.717) is 15.2 Å². The van der Waals surface area contributed by atoms with E-state index in [9.17, 15) is 22.4 Å². The van der Waals surface area contributed by atoms with Gasteiger partial charge in [-0.25, -0.2) is 12.8 Å². The molecule has 2 aromatic carbocycles. The van der Waals surface area contributed by atoms with Crippen LogP contribution < -0.4 is 4.80 Å². The van der Waals surface area contributed by atoms with Crippen LogP contribution in [0.15, 0.2) is 52.4 Å². The molecule has 31 heavy (non-hydrogen) atoms. The van der Waals surface area contributed by atoms with Crippen molar-refractivity contribution in [2.24, 2.45) is 4.99 Å². The van der Waals surface area contributed by atoms with Crippen LogP contribution in [-0.4, -0.2) is 37.7 Å². The number of thiazole rings is 1. The topological polar surface area (TPSA) is 94.8 Å². The monoisotopic (exact) mass is 484 g/mol. The molecule has 3 rings (SSSR count). The zero-order chi connectivity index (χ0) is 22.6. The van der Waals surface area contributed by atoms with Crippen molar-refractivity contribution in [3.05, 3.63) is 58.1 Å². The molecule has 1 aromatic heterocycles. The smallest absolute Gasteiger partial charge is 0.325 e. The van der Waals surface area contributed by atoms with Gasteiger partial charge < -0.3 is 9.30 Å². The van der Waals surface area contributed by atoms with E-state index in [-0.39, 0.29) is 34.8 Å². The molecule has 11 heteroatoms. The third-order valence-corrected chi connectivity index (χ3v) is 7.47. The third-order valence-electron chi connectivity index (χ3n) is 4.36. The van der Waals surface area contributed by atoms with Gasteiger partial charge in [0.15, 0.2) is 14.6 Å². The minimum Gasteiger partial charge on any atom is -0.468 e. The molecule has 0 atom stereocenters. The minimum absolute atomic E-state index is 0.0732. The maximum Gasteiger partial charge on any atom is 0.325 e. The lowest BCUT2D eigenvalue weighted by atomic mass is 10.3. The summed E-state index contributed by atoms with van der Waals surface area (Å²) in [5.41, 5.74) is 0.536. The van der Waals surface area contributed by atoms with Gasteiger partial charge in [-0.2, -0.15) is 4.99 Å². The normalized spacial score (nSPS) is 12.3. The zero-order valence-electron chi connectivity index (χ0n) is 16.4. The number of sulfone groups is 1. The molecule has 0 N–H and O–H groups in total. The standard InChI is InChI=1S/C20H18ClFN2O5S2/c1-29-19(26)12-24-16-9-6-14(22)11-17(16)30-20(24)23-18(25)3-2-10-31(27,28)15-7-4-13(21)5-8-15/h4-9,11H,2-3,10,12H2,1H3. The van der Waals surface area contributed by atoms with Gasteiger partial charge >= 0.3 is 5.97 Å². The summed E-state index contributed by atoms with van der Waals surface area (Å²) in [5.74, 6) is -1.77. The van der Waals surface area contributed by atoms with Gasteiger partial charge in [-0.15, -0.1) is 0 Å². The second kappa shape index (κ2) is 9.71. The van der Waals surface area contributed by atoms with Crippen molar-refractivity contribution in [2.75, 3.05) is 12.9 Å². The SMILES string of the molecule is COC(=O)Cn1c(=NC(=O)CCCS(=O)(=O)c2ccc(Cl)cc2)sc2cc(F)ccc21. The molecule has 1 heterocycles. The molecule has 0 aliphatic carbocycles. The van der Waals surface area contributed by atoms with Crippen LogP contribution in [0, 0.1) is 5.82 Å². The summed E-state index contributed by atoms with van der Waals surface area (Å²) < 4.78 is 44.9. The molecule has 3 aromatic rings. The zero-order valence-corrected chi connectivity index (χ0v) is 18.8. The van der Waals surface area contributed by atoms with E-state index in [1.807, 2.05) is 0 Å². The Morgan fingerprint density at radius 1 is 1.19 bits per heavy atom. The number of carbonyl (C=O) groups excluding carboxylic acids is 2. The average molecular weight is 485 g/mol. The molecule has 0 radical (unpaired) electrons. The number of hydrogen-bond donors (Lipinski definition) is 0. The minimum atomic E-state index is -3.56. The largest absolute Gasteiger partial charge is 0.468 e. The number of rotatable bonds is 7. The van der Waals surface area contributed by atoms with Gasteiger partial charge in [0, 0.05) is 11.4 Å². The number of nitrogens with zero attached hydrogens (tertiary/aromatic N) is 2. The number of amides is 1. The van der Waals surface area contributed by atoms with Crippen molar-refractivity contribution in [1.82, 2.24) is 4.57 Å². The number of halogens is 2. The van der Waals surface area contributed by atoms with Gasteiger partial charge in [-0.3, -0.25) is 9.59 Å². The first-order valence-electron chi connectivity index (χ1n) is 9.11. The lowest BCUT2D eigenvalue weighted by Gasteiger charge is -2.04. The molecule has 0 unspecified atom stereocenters. The van der Waals surface area contributed by atoms with Gasteiger partial charge in [-0.1, -0.05) is 22.9 Å². The van der Waals surface area contributed by atoms with Crippen LogP contribution in [0.25, 0.3) is 10.2 Å². The molecule has 0 aliphatic rings. The fraction of sp³-hybridized carbons (Fsp3) is 0.250. The molecule has 0 spiro atoms. The van der Waals surface area contributed by atoms with Crippen molar-refractivity contribution < 1.29 is 27.1 Å². The van der Waals surface area contributed by atoms with Crippen molar-refractivity contribution in [3.63, 3.8) is 0 Å². The van der Waals surface area contributed by atoms with E-state index in [1.54, 1.807) is 0 Å². The molecule has 0 saturated heterocycles. The number of methoxy groups -OCH3 is 1. The Kier molecular flexibility index (Phi) is 7.24. The molecular weight excluding hydrogens is 467 g/mol. The summed E-state index contributed by atoms with van der Waals surface area (Å²) in [4.78, 5) is 28.5. The Morgan fingerprint density at radius 2 is 1.90 bits per heavy atom. The summed E-state index contributed by atoms with van der Waals surface area (Å²) in [5, 5.41) is 0.427.